The van der Waals surface area contributed by atoms with Gasteiger partial charge < -0.3 is 10.2 Å². The molecule has 6 heteroatoms. The van der Waals surface area contributed by atoms with Gasteiger partial charge in [-0.25, -0.2) is 4.98 Å². The van der Waals surface area contributed by atoms with Crippen molar-refractivity contribution in [1.29, 1.82) is 0 Å². The lowest BCUT2D eigenvalue weighted by atomic mass is 9.97. The first-order chi connectivity index (χ1) is 13.3. The monoisotopic (exact) mass is 399 g/mol. The Labute approximate surface area is 171 Å². The summed E-state index contributed by atoms with van der Waals surface area (Å²) in [7, 11) is 0. The van der Waals surface area contributed by atoms with Crippen LogP contribution in [0.5, 0.6) is 0 Å². The molecule has 0 spiro atoms. The van der Waals surface area contributed by atoms with E-state index in [2.05, 4.69) is 11.4 Å². The number of nitrogens with zero attached hydrogens (tertiary/aromatic N) is 2. The molecule has 1 fully saturated rings. The molecule has 2 aromatic rings. The van der Waals surface area contributed by atoms with Gasteiger partial charge in [0, 0.05) is 35.9 Å². The van der Waals surface area contributed by atoms with E-state index in [0.29, 0.717) is 13.1 Å². The van der Waals surface area contributed by atoms with E-state index in [0.717, 1.165) is 41.2 Å². The maximum absolute atomic E-state index is 13.0. The van der Waals surface area contributed by atoms with Crippen LogP contribution < -0.4 is 5.32 Å². The van der Waals surface area contributed by atoms with Crippen LogP contribution in [0.25, 0.3) is 0 Å². The minimum absolute atomic E-state index is 0.0266. The molecule has 1 saturated heterocycles. The fourth-order valence-electron chi connectivity index (χ4n) is 3.56. The highest BCUT2D eigenvalue weighted by Gasteiger charge is 2.28. The molecule has 0 saturated carbocycles. The largest absolute Gasteiger partial charge is 0.350 e. The van der Waals surface area contributed by atoms with Crippen molar-refractivity contribution in [1.82, 2.24) is 15.2 Å². The highest BCUT2D eigenvalue weighted by atomic mass is 32.1. The highest BCUT2D eigenvalue weighted by molar-refractivity contribution is 7.09. The third-order valence-corrected chi connectivity index (χ3v) is 6.26. The molecule has 28 heavy (non-hydrogen) atoms. The molecular formula is C22H29N3O2S. The van der Waals surface area contributed by atoms with Crippen LogP contribution in [0.2, 0.25) is 0 Å². The lowest BCUT2D eigenvalue weighted by molar-refractivity contribution is -0.124. The Bertz CT molecular complexity index is 859. The Kier molecular flexibility index (Phi) is 6.50. The first-order valence-corrected chi connectivity index (χ1v) is 10.8. The molecule has 5 nitrogen and oxygen atoms in total. The van der Waals surface area contributed by atoms with Gasteiger partial charge in [0.05, 0.1) is 17.2 Å². The number of carbonyl (C=O) groups excluding carboxylic acids is 2. The van der Waals surface area contributed by atoms with Gasteiger partial charge in [-0.15, -0.1) is 11.3 Å². The normalized spacial score (nSPS) is 17.0. The SMILES string of the molecule is Cc1ccc(C(=O)N2CCC[C@H](c3nc(CNC(=O)C(C)C)cs3)C2)c(C)c1. The first-order valence-electron chi connectivity index (χ1n) is 9.93. The molecule has 1 aromatic heterocycles. The number of piperidine rings is 1. The summed E-state index contributed by atoms with van der Waals surface area (Å²) in [5.41, 5.74) is 3.89. The Morgan fingerprint density at radius 2 is 2.11 bits per heavy atom. The average molecular weight is 400 g/mol. The number of thiazole rings is 1. The van der Waals surface area contributed by atoms with Crippen LogP contribution >= 0.6 is 11.3 Å². The zero-order valence-electron chi connectivity index (χ0n) is 17.1. The maximum Gasteiger partial charge on any atom is 0.254 e. The number of hydrogen-bond acceptors (Lipinski definition) is 4. The number of hydrogen-bond donors (Lipinski definition) is 1. The van der Waals surface area contributed by atoms with Gasteiger partial charge in [-0.05, 0) is 38.3 Å². The number of likely N-dealkylation sites (tertiary alicyclic amines) is 1. The molecule has 2 amide bonds. The fourth-order valence-corrected chi connectivity index (χ4v) is 4.51. The molecule has 1 aliphatic heterocycles. The molecule has 150 valence electrons. The zero-order chi connectivity index (χ0) is 20.3. The third kappa shape index (κ3) is 4.79. The summed E-state index contributed by atoms with van der Waals surface area (Å²) >= 11 is 1.63. The summed E-state index contributed by atoms with van der Waals surface area (Å²) in [6, 6.07) is 6.00. The van der Waals surface area contributed by atoms with Gasteiger partial charge in [0.2, 0.25) is 5.91 Å². The van der Waals surface area contributed by atoms with E-state index in [-0.39, 0.29) is 23.7 Å². The van der Waals surface area contributed by atoms with E-state index >= 15 is 0 Å². The van der Waals surface area contributed by atoms with Gasteiger partial charge in [-0.2, -0.15) is 0 Å². The van der Waals surface area contributed by atoms with Crippen molar-refractivity contribution in [2.45, 2.75) is 53.0 Å². The minimum atomic E-state index is -0.0266. The predicted molar refractivity (Wildman–Crippen MR) is 113 cm³/mol. The number of carbonyl (C=O) groups is 2. The maximum atomic E-state index is 13.0. The van der Waals surface area contributed by atoms with Crippen LogP contribution in [0.15, 0.2) is 23.6 Å². The quantitative estimate of drug-likeness (QED) is 0.825. The Balaban J connectivity index is 1.65. The van der Waals surface area contributed by atoms with Crippen LogP contribution in [-0.2, 0) is 11.3 Å². The molecular weight excluding hydrogens is 370 g/mol. The fraction of sp³-hybridized carbons (Fsp3) is 0.500. The molecule has 3 rings (SSSR count). The number of benzene rings is 1. The van der Waals surface area contributed by atoms with Crippen molar-refractivity contribution < 1.29 is 9.59 Å². The van der Waals surface area contributed by atoms with E-state index < -0.39 is 0 Å². The Morgan fingerprint density at radius 3 is 2.82 bits per heavy atom. The van der Waals surface area contributed by atoms with Crippen LogP contribution in [0.4, 0.5) is 0 Å². The molecule has 1 aliphatic rings. The summed E-state index contributed by atoms with van der Waals surface area (Å²) in [6.07, 6.45) is 2.03. The molecule has 0 radical (unpaired) electrons. The van der Waals surface area contributed by atoms with Crippen LogP contribution in [-0.4, -0.2) is 34.8 Å². The highest BCUT2D eigenvalue weighted by Crippen LogP contribution is 2.30. The van der Waals surface area contributed by atoms with Crippen LogP contribution in [0, 0.1) is 19.8 Å². The summed E-state index contributed by atoms with van der Waals surface area (Å²) in [4.78, 5) is 31.5. The van der Waals surface area contributed by atoms with Crippen molar-refractivity contribution in [3.05, 3.63) is 51.0 Å². The lowest BCUT2D eigenvalue weighted by Crippen LogP contribution is -2.39. The van der Waals surface area contributed by atoms with Crippen molar-refractivity contribution in [2.75, 3.05) is 13.1 Å². The first kappa shape index (κ1) is 20.5. The van der Waals surface area contributed by atoms with E-state index in [1.807, 2.05) is 50.1 Å². The number of nitrogens with one attached hydrogen (secondary N) is 1. The van der Waals surface area contributed by atoms with E-state index in [9.17, 15) is 9.59 Å². The molecule has 0 unspecified atom stereocenters. The van der Waals surface area contributed by atoms with Gasteiger partial charge in [0.1, 0.15) is 0 Å². The Morgan fingerprint density at radius 1 is 1.32 bits per heavy atom. The summed E-state index contributed by atoms with van der Waals surface area (Å²) in [5, 5.41) is 5.99. The Hall–Kier alpha value is -2.21. The standard InChI is InChI=1S/C22H29N3O2S/c1-14(2)20(26)23-11-18-13-28-21(24-18)17-6-5-9-25(12-17)22(27)19-8-7-15(3)10-16(19)4/h7-8,10,13-14,17H,5-6,9,11-12H2,1-4H3,(H,23,26)/t17-/m0/s1. The van der Waals surface area contributed by atoms with Crippen LogP contribution in [0.1, 0.15) is 64.8 Å². The summed E-state index contributed by atoms with van der Waals surface area (Å²) in [5.74, 6) is 0.393. The topological polar surface area (TPSA) is 62.3 Å². The molecule has 1 atom stereocenters. The van der Waals surface area contributed by atoms with Gasteiger partial charge >= 0.3 is 0 Å². The number of amides is 2. The smallest absolute Gasteiger partial charge is 0.254 e. The summed E-state index contributed by atoms with van der Waals surface area (Å²) < 4.78 is 0. The molecule has 2 heterocycles. The van der Waals surface area contributed by atoms with Gasteiger partial charge in [0.25, 0.3) is 5.91 Å². The van der Waals surface area contributed by atoms with E-state index in [1.165, 1.54) is 5.56 Å². The van der Waals surface area contributed by atoms with Gasteiger partial charge in [0.15, 0.2) is 0 Å². The van der Waals surface area contributed by atoms with Crippen LogP contribution in [0.3, 0.4) is 0 Å². The summed E-state index contributed by atoms with van der Waals surface area (Å²) in [6.45, 7) is 9.77. The second-order valence-electron chi connectivity index (χ2n) is 7.96. The second kappa shape index (κ2) is 8.86. The molecule has 1 N–H and O–H groups in total. The molecule has 0 bridgehead atoms. The van der Waals surface area contributed by atoms with Crippen molar-refractivity contribution in [3.8, 4) is 0 Å². The average Bonchev–Trinajstić information content (AvgIpc) is 3.14. The van der Waals surface area contributed by atoms with Crippen molar-refractivity contribution in [3.63, 3.8) is 0 Å². The second-order valence-corrected chi connectivity index (χ2v) is 8.85. The number of rotatable bonds is 5. The van der Waals surface area contributed by atoms with Gasteiger partial charge in [-0.1, -0.05) is 31.5 Å². The lowest BCUT2D eigenvalue weighted by Gasteiger charge is -2.32. The van der Waals surface area contributed by atoms with Crippen molar-refractivity contribution >= 4 is 23.2 Å². The number of aryl methyl sites for hydroxylation is 2. The molecule has 0 aliphatic carbocycles. The minimum Gasteiger partial charge on any atom is -0.350 e. The molecule has 1 aromatic carbocycles. The van der Waals surface area contributed by atoms with E-state index in [4.69, 9.17) is 4.98 Å². The van der Waals surface area contributed by atoms with Gasteiger partial charge in [-0.3, -0.25) is 9.59 Å². The van der Waals surface area contributed by atoms with Crippen molar-refractivity contribution in [2.24, 2.45) is 5.92 Å². The zero-order valence-corrected chi connectivity index (χ0v) is 17.9. The predicted octanol–water partition coefficient (Wildman–Crippen LogP) is 4.05. The third-order valence-electron chi connectivity index (χ3n) is 5.21. The number of aromatic nitrogens is 1. The van der Waals surface area contributed by atoms with E-state index in [1.54, 1.807) is 11.3 Å².